The number of carbonyl (C=O) groups is 1. The highest BCUT2D eigenvalue weighted by molar-refractivity contribution is 9.10. The van der Waals surface area contributed by atoms with Crippen molar-refractivity contribution in [1.29, 1.82) is 0 Å². The number of hydrogen-bond donors (Lipinski definition) is 1. The van der Waals surface area contributed by atoms with Gasteiger partial charge in [0.05, 0.1) is 16.6 Å². The predicted octanol–water partition coefficient (Wildman–Crippen LogP) is 3.38. The molecule has 0 unspecified atom stereocenters. The normalized spacial score (nSPS) is 16.1. The fraction of sp³-hybridized carbons (Fsp3) is 0.462. The molecule has 1 saturated carbocycles. The summed E-state index contributed by atoms with van der Waals surface area (Å²) in [5, 5.41) is 0. The first-order chi connectivity index (χ1) is 8.18. The lowest BCUT2D eigenvalue weighted by atomic mass is 10.1. The third-order valence-corrected chi connectivity index (χ3v) is 4.06. The third-order valence-electron chi connectivity index (χ3n) is 3.17. The van der Waals surface area contributed by atoms with Gasteiger partial charge in [0, 0.05) is 5.69 Å². The zero-order valence-electron chi connectivity index (χ0n) is 9.62. The Bertz CT molecular complexity index is 414. The lowest BCUT2D eigenvalue weighted by molar-refractivity contribution is 0.0441. The molecule has 2 N–H and O–H groups in total. The minimum Gasteiger partial charge on any atom is -0.462 e. The Hall–Kier alpha value is -1.03. The molecule has 4 heteroatoms. The van der Waals surface area contributed by atoms with Gasteiger partial charge in [-0.2, -0.15) is 0 Å². The van der Waals surface area contributed by atoms with Gasteiger partial charge in [-0.15, -0.1) is 0 Å². The number of ether oxygens (including phenoxy) is 1. The average Bonchev–Trinajstić information content (AvgIpc) is 2.82. The molecule has 1 aromatic carbocycles. The minimum absolute atomic E-state index is 0.295. The van der Waals surface area contributed by atoms with Crippen LogP contribution in [0.25, 0.3) is 0 Å². The third kappa shape index (κ3) is 3.00. The van der Waals surface area contributed by atoms with Crippen molar-refractivity contribution in [2.45, 2.75) is 25.7 Å². The zero-order valence-corrected chi connectivity index (χ0v) is 11.2. The number of carbonyl (C=O) groups excluding carboxylic acids is 1. The molecule has 0 radical (unpaired) electrons. The maximum atomic E-state index is 11.9. The first-order valence-electron chi connectivity index (χ1n) is 5.89. The van der Waals surface area contributed by atoms with Crippen LogP contribution < -0.4 is 5.73 Å². The van der Waals surface area contributed by atoms with E-state index in [-0.39, 0.29) is 5.97 Å². The van der Waals surface area contributed by atoms with E-state index < -0.39 is 0 Å². The van der Waals surface area contributed by atoms with E-state index in [1.807, 2.05) is 0 Å². The molecule has 17 heavy (non-hydrogen) atoms. The zero-order chi connectivity index (χ0) is 12.3. The van der Waals surface area contributed by atoms with E-state index in [0.29, 0.717) is 28.2 Å². The SMILES string of the molecule is Nc1cccc(C(=O)OCC2CCCC2)c1Br. The molecular formula is C13H16BrNO2. The largest absolute Gasteiger partial charge is 0.462 e. The number of esters is 1. The summed E-state index contributed by atoms with van der Waals surface area (Å²) in [6, 6.07) is 5.22. The quantitative estimate of drug-likeness (QED) is 0.687. The first kappa shape index (κ1) is 12.4. The summed E-state index contributed by atoms with van der Waals surface area (Å²) in [6.45, 7) is 0.528. The van der Waals surface area contributed by atoms with E-state index in [2.05, 4.69) is 15.9 Å². The number of nitrogen functional groups attached to an aromatic ring is 1. The maximum Gasteiger partial charge on any atom is 0.339 e. The van der Waals surface area contributed by atoms with Gasteiger partial charge >= 0.3 is 5.97 Å². The van der Waals surface area contributed by atoms with Crippen LogP contribution in [0.4, 0.5) is 5.69 Å². The van der Waals surface area contributed by atoms with Crippen molar-refractivity contribution < 1.29 is 9.53 Å². The first-order valence-corrected chi connectivity index (χ1v) is 6.69. The van der Waals surface area contributed by atoms with E-state index >= 15 is 0 Å². The topological polar surface area (TPSA) is 52.3 Å². The average molecular weight is 298 g/mol. The number of benzene rings is 1. The van der Waals surface area contributed by atoms with Crippen LogP contribution in [0, 0.1) is 5.92 Å². The Morgan fingerprint density at radius 1 is 1.41 bits per heavy atom. The van der Waals surface area contributed by atoms with Gasteiger partial charge in [0.25, 0.3) is 0 Å². The molecule has 1 aromatic rings. The molecule has 3 nitrogen and oxygen atoms in total. The molecule has 92 valence electrons. The van der Waals surface area contributed by atoms with Gasteiger partial charge < -0.3 is 10.5 Å². The molecule has 1 aliphatic rings. The molecule has 0 amide bonds. The minimum atomic E-state index is -0.295. The summed E-state index contributed by atoms with van der Waals surface area (Å²) < 4.78 is 5.95. The molecule has 0 aromatic heterocycles. The highest BCUT2D eigenvalue weighted by atomic mass is 79.9. The van der Waals surface area contributed by atoms with Crippen molar-refractivity contribution in [2.24, 2.45) is 5.92 Å². The molecule has 0 bridgehead atoms. The Morgan fingerprint density at radius 3 is 2.82 bits per heavy atom. The molecule has 1 aliphatic carbocycles. The van der Waals surface area contributed by atoms with Gasteiger partial charge in [-0.3, -0.25) is 0 Å². The molecule has 2 rings (SSSR count). The van der Waals surface area contributed by atoms with E-state index in [4.69, 9.17) is 10.5 Å². The van der Waals surface area contributed by atoms with Gasteiger partial charge in [-0.25, -0.2) is 4.79 Å². The fourth-order valence-electron chi connectivity index (χ4n) is 2.16. The number of hydrogen-bond acceptors (Lipinski definition) is 3. The molecule has 0 aliphatic heterocycles. The van der Waals surface area contributed by atoms with Crippen LogP contribution in [0.15, 0.2) is 22.7 Å². The Balaban J connectivity index is 1.97. The standard InChI is InChI=1S/C13H16BrNO2/c14-12-10(6-3-7-11(12)15)13(16)17-8-9-4-1-2-5-9/h3,6-7,9H,1-2,4-5,8,15H2. The smallest absolute Gasteiger partial charge is 0.339 e. The van der Waals surface area contributed by atoms with E-state index in [9.17, 15) is 4.79 Å². The summed E-state index contributed by atoms with van der Waals surface area (Å²) in [7, 11) is 0. The van der Waals surface area contributed by atoms with Crippen LogP contribution in [-0.4, -0.2) is 12.6 Å². The van der Waals surface area contributed by atoms with Crippen LogP contribution in [0.5, 0.6) is 0 Å². The highest BCUT2D eigenvalue weighted by Crippen LogP contribution is 2.27. The van der Waals surface area contributed by atoms with Gasteiger partial charge in [0.15, 0.2) is 0 Å². The molecule has 0 spiro atoms. The lowest BCUT2D eigenvalue weighted by Crippen LogP contribution is -2.12. The number of rotatable bonds is 3. The van der Waals surface area contributed by atoms with Crippen molar-refractivity contribution in [1.82, 2.24) is 0 Å². The van der Waals surface area contributed by atoms with Crippen molar-refractivity contribution >= 4 is 27.6 Å². The number of anilines is 1. The Labute approximate surface area is 109 Å². The second kappa shape index (κ2) is 5.54. The van der Waals surface area contributed by atoms with Crippen LogP contribution in [0.2, 0.25) is 0 Å². The van der Waals surface area contributed by atoms with E-state index in [1.165, 1.54) is 25.7 Å². The lowest BCUT2D eigenvalue weighted by Gasteiger charge is -2.11. The predicted molar refractivity (Wildman–Crippen MR) is 70.8 cm³/mol. The maximum absolute atomic E-state index is 11.9. The summed E-state index contributed by atoms with van der Waals surface area (Å²) >= 11 is 3.31. The summed E-state index contributed by atoms with van der Waals surface area (Å²) in [5.41, 5.74) is 6.78. The van der Waals surface area contributed by atoms with Gasteiger partial charge in [-0.1, -0.05) is 18.9 Å². The summed E-state index contributed by atoms with van der Waals surface area (Å²) in [5.74, 6) is 0.245. The molecular weight excluding hydrogens is 282 g/mol. The molecule has 0 atom stereocenters. The van der Waals surface area contributed by atoms with E-state index in [1.54, 1.807) is 18.2 Å². The molecule has 0 saturated heterocycles. The summed E-state index contributed by atoms with van der Waals surface area (Å²) in [4.78, 5) is 11.9. The Kier molecular flexibility index (Phi) is 4.05. The second-order valence-corrected chi connectivity index (χ2v) is 5.25. The number of halogens is 1. The Morgan fingerprint density at radius 2 is 2.12 bits per heavy atom. The summed E-state index contributed by atoms with van der Waals surface area (Å²) in [6.07, 6.45) is 4.85. The highest BCUT2D eigenvalue weighted by Gasteiger charge is 2.19. The van der Waals surface area contributed by atoms with Crippen molar-refractivity contribution in [2.75, 3.05) is 12.3 Å². The van der Waals surface area contributed by atoms with E-state index in [0.717, 1.165) is 0 Å². The van der Waals surface area contributed by atoms with Gasteiger partial charge in [-0.05, 0) is 46.8 Å². The van der Waals surface area contributed by atoms with Crippen LogP contribution in [-0.2, 0) is 4.74 Å². The van der Waals surface area contributed by atoms with Crippen LogP contribution in [0.1, 0.15) is 36.0 Å². The molecule has 0 heterocycles. The number of nitrogens with two attached hydrogens (primary N) is 1. The molecule has 1 fully saturated rings. The monoisotopic (exact) mass is 297 g/mol. The van der Waals surface area contributed by atoms with Crippen molar-refractivity contribution in [3.05, 3.63) is 28.2 Å². The van der Waals surface area contributed by atoms with Gasteiger partial charge in [0.2, 0.25) is 0 Å². The van der Waals surface area contributed by atoms with Crippen LogP contribution in [0.3, 0.4) is 0 Å². The van der Waals surface area contributed by atoms with Crippen molar-refractivity contribution in [3.8, 4) is 0 Å². The van der Waals surface area contributed by atoms with Crippen LogP contribution >= 0.6 is 15.9 Å². The van der Waals surface area contributed by atoms with Crippen molar-refractivity contribution in [3.63, 3.8) is 0 Å². The van der Waals surface area contributed by atoms with Gasteiger partial charge in [0.1, 0.15) is 0 Å². The second-order valence-electron chi connectivity index (χ2n) is 4.46. The fourth-order valence-corrected chi connectivity index (χ4v) is 2.58.